The number of anilines is 1. The molecule has 4 nitrogen and oxygen atoms in total. The van der Waals surface area contributed by atoms with Crippen LogP contribution in [0.4, 0.5) is 5.69 Å². The van der Waals surface area contributed by atoms with Crippen LogP contribution in [0.1, 0.15) is 30.9 Å². The van der Waals surface area contributed by atoms with Gasteiger partial charge in [0.25, 0.3) is 0 Å². The number of halogens is 1. The van der Waals surface area contributed by atoms with Crippen LogP contribution in [0, 0.1) is 0 Å². The van der Waals surface area contributed by atoms with Crippen molar-refractivity contribution in [1.29, 1.82) is 0 Å². The molecule has 0 aromatic carbocycles. The average molecular weight is 228 g/mol. The molecule has 1 aliphatic carbocycles. The third kappa shape index (κ3) is 2.15. The van der Waals surface area contributed by atoms with Gasteiger partial charge in [0, 0.05) is 19.2 Å². The minimum absolute atomic E-state index is 0.0149. The highest BCUT2D eigenvalue weighted by atomic mass is 35.5. The van der Waals surface area contributed by atoms with Gasteiger partial charge in [-0.2, -0.15) is 5.10 Å². The Hall–Kier alpha value is -1.03. The highest BCUT2D eigenvalue weighted by molar-refractivity contribution is 6.29. The number of carbonyl (C=O) groups is 1. The summed E-state index contributed by atoms with van der Waals surface area (Å²) in [5, 5.41) is 7.15. The summed E-state index contributed by atoms with van der Waals surface area (Å²) in [5.41, 5.74) is 1.81. The molecule has 0 saturated heterocycles. The van der Waals surface area contributed by atoms with Crippen molar-refractivity contribution in [2.75, 3.05) is 11.2 Å². The number of rotatable bonds is 3. The average Bonchev–Trinajstić information content (AvgIpc) is 2.44. The Morgan fingerprint density at radius 1 is 1.73 bits per heavy atom. The molecule has 1 fully saturated rings. The number of amides is 1. The number of alkyl halides is 1. The van der Waals surface area contributed by atoms with E-state index >= 15 is 0 Å². The van der Waals surface area contributed by atoms with Crippen molar-refractivity contribution >= 4 is 23.2 Å². The maximum atomic E-state index is 11.2. The van der Waals surface area contributed by atoms with Crippen LogP contribution in [0.25, 0.3) is 0 Å². The first-order chi connectivity index (χ1) is 7.20. The molecule has 0 unspecified atom stereocenters. The van der Waals surface area contributed by atoms with Gasteiger partial charge in [0.2, 0.25) is 5.91 Å². The van der Waals surface area contributed by atoms with Crippen LogP contribution in [0.3, 0.4) is 0 Å². The van der Waals surface area contributed by atoms with Crippen molar-refractivity contribution in [3.05, 3.63) is 11.9 Å². The topological polar surface area (TPSA) is 46.9 Å². The minimum Gasteiger partial charge on any atom is -0.322 e. The maximum absolute atomic E-state index is 11.2. The Balaban J connectivity index is 2.17. The largest absolute Gasteiger partial charge is 0.322 e. The molecular weight excluding hydrogens is 214 g/mol. The molecule has 1 N–H and O–H groups in total. The van der Waals surface area contributed by atoms with Gasteiger partial charge in [-0.25, -0.2) is 0 Å². The second-order valence-electron chi connectivity index (χ2n) is 3.91. The molecule has 2 rings (SSSR count). The van der Waals surface area contributed by atoms with Crippen LogP contribution in [0.5, 0.6) is 0 Å². The molecule has 0 radical (unpaired) electrons. The molecule has 1 aliphatic rings. The van der Waals surface area contributed by atoms with Crippen molar-refractivity contribution in [3.8, 4) is 0 Å². The molecule has 0 spiro atoms. The summed E-state index contributed by atoms with van der Waals surface area (Å²) in [6.07, 6.45) is 5.42. The Morgan fingerprint density at radius 3 is 3.00 bits per heavy atom. The van der Waals surface area contributed by atoms with Gasteiger partial charge >= 0.3 is 0 Å². The quantitative estimate of drug-likeness (QED) is 0.802. The molecule has 5 heteroatoms. The lowest BCUT2D eigenvalue weighted by atomic mass is 9.82. The molecule has 1 aromatic heterocycles. The molecule has 82 valence electrons. The van der Waals surface area contributed by atoms with E-state index in [0.717, 1.165) is 11.4 Å². The fourth-order valence-electron chi connectivity index (χ4n) is 1.77. The second kappa shape index (κ2) is 4.23. The number of aromatic nitrogens is 2. The van der Waals surface area contributed by atoms with Crippen LogP contribution in [0.15, 0.2) is 6.20 Å². The molecule has 0 aliphatic heterocycles. The van der Waals surface area contributed by atoms with Crippen molar-refractivity contribution < 1.29 is 4.79 Å². The molecule has 1 saturated carbocycles. The zero-order chi connectivity index (χ0) is 10.8. The highest BCUT2D eigenvalue weighted by Crippen LogP contribution is 2.38. The first-order valence-corrected chi connectivity index (χ1v) is 5.63. The fraction of sp³-hybridized carbons (Fsp3) is 0.600. The standard InChI is InChI=1S/C10H14ClN3O/c1-14-6-8(12-9(15)5-11)10(13-14)7-3-2-4-7/h6-7H,2-5H2,1H3,(H,12,15). The third-order valence-electron chi connectivity index (χ3n) is 2.74. The Bertz CT molecular complexity index is 371. The van der Waals surface area contributed by atoms with E-state index in [9.17, 15) is 4.79 Å². The van der Waals surface area contributed by atoms with E-state index in [-0.39, 0.29) is 11.8 Å². The summed E-state index contributed by atoms with van der Waals surface area (Å²) in [7, 11) is 1.86. The maximum Gasteiger partial charge on any atom is 0.239 e. The Kier molecular flexibility index (Phi) is 2.95. The van der Waals surface area contributed by atoms with Crippen LogP contribution in [-0.4, -0.2) is 21.6 Å². The number of carbonyl (C=O) groups excluding carboxylic acids is 1. The third-order valence-corrected chi connectivity index (χ3v) is 2.99. The van der Waals surface area contributed by atoms with Crippen molar-refractivity contribution in [2.24, 2.45) is 7.05 Å². The summed E-state index contributed by atoms with van der Waals surface area (Å²) >= 11 is 5.45. The SMILES string of the molecule is Cn1cc(NC(=O)CCl)c(C2CCC2)n1. The molecule has 1 heterocycles. The zero-order valence-electron chi connectivity index (χ0n) is 8.66. The van der Waals surface area contributed by atoms with Gasteiger partial charge in [-0.15, -0.1) is 11.6 Å². The van der Waals surface area contributed by atoms with Gasteiger partial charge in [0.1, 0.15) is 5.88 Å². The van der Waals surface area contributed by atoms with E-state index in [0.29, 0.717) is 5.92 Å². The molecule has 0 bridgehead atoms. The van der Waals surface area contributed by atoms with Crippen LogP contribution in [0.2, 0.25) is 0 Å². The number of aryl methyl sites for hydroxylation is 1. The first-order valence-electron chi connectivity index (χ1n) is 5.10. The van der Waals surface area contributed by atoms with E-state index in [1.54, 1.807) is 4.68 Å². The molecule has 15 heavy (non-hydrogen) atoms. The smallest absolute Gasteiger partial charge is 0.239 e. The van der Waals surface area contributed by atoms with Crippen LogP contribution < -0.4 is 5.32 Å². The van der Waals surface area contributed by atoms with E-state index in [4.69, 9.17) is 11.6 Å². The predicted molar refractivity (Wildman–Crippen MR) is 59.1 cm³/mol. The lowest BCUT2D eigenvalue weighted by Crippen LogP contribution is -2.16. The highest BCUT2D eigenvalue weighted by Gasteiger charge is 2.25. The number of hydrogen-bond acceptors (Lipinski definition) is 2. The first kappa shape index (κ1) is 10.5. The van der Waals surface area contributed by atoms with Gasteiger partial charge in [0.05, 0.1) is 11.4 Å². The zero-order valence-corrected chi connectivity index (χ0v) is 9.42. The van der Waals surface area contributed by atoms with Crippen LogP contribution >= 0.6 is 11.6 Å². The van der Waals surface area contributed by atoms with Crippen molar-refractivity contribution in [2.45, 2.75) is 25.2 Å². The van der Waals surface area contributed by atoms with E-state index in [1.807, 2.05) is 13.2 Å². The van der Waals surface area contributed by atoms with Gasteiger partial charge in [-0.05, 0) is 12.8 Å². The summed E-state index contributed by atoms with van der Waals surface area (Å²) < 4.78 is 1.73. The molecule has 1 amide bonds. The monoisotopic (exact) mass is 227 g/mol. The number of hydrogen-bond donors (Lipinski definition) is 1. The number of nitrogens with one attached hydrogen (secondary N) is 1. The van der Waals surface area contributed by atoms with Crippen molar-refractivity contribution in [1.82, 2.24) is 9.78 Å². The van der Waals surface area contributed by atoms with Crippen LogP contribution in [-0.2, 0) is 11.8 Å². The molecule has 1 aromatic rings. The fourth-order valence-corrected chi connectivity index (χ4v) is 1.84. The minimum atomic E-state index is -0.176. The van der Waals surface area contributed by atoms with Gasteiger partial charge in [0.15, 0.2) is 0 Å². The lowest BCUT2D eigenvalue weighted by Gasteiger charge is -2.24. The summed E-state index contributed by atoms with van der Waals surface area (Å²) in [5.74, 6) is 0.320. The summed E-state index contributed by atoms with van der Waals surface area (Å²) in [6.45, 7) is 0. The second-order valence-corrected chi connectivity index (χ2v) is 4.18. The molecule has 0 atom stereocenters. The number of nitrogens with zero attached hydrogens (tertiary/aromatic N) is 2. The Labute approximate surface area is 93.6 Å². The van der Waals surface area contributed by atoms with E-state index < -0.39 is 0 Å². The van der Waals surface area contributed by atoms with Gasteiger partial charge in [-0.3, -0.25) is 9.48 Å². The van der Waals surface area contributed by atoms with E-state index in [1.165, 1.54) is 19.3 Å². The van der Waals surface area contributed by atoms with E-state index in [2.05, 4.69) is 10.4 Å². The molecular formula is C10H14ClN3O. The lowest BCUT2D eigenvalue weighted by molar-refractivity contribution is -0.113. The Morgan fingerprint density at radius 2 is 2.47 bits per heavy atom. The predicted octanol–water partition coefficient (Wildman–Crippen LogP) is 1.86. The summed E-state index contributed by atoms with van der Waals surface area (Å²) in [4.78, 5) is 11.2. The normalized spacial score (nSPS) is 16.1. The van der Waals surface area contributed by atoms with Crippen molar-refractivity contribution in [3.63, 3.8) is 0 Å². The summed E-state index contributed by atoms with van der Waals surface area (Å²) in [6, 6.07) is 0. The van der Waals surface area contributed by atoms with Gasteiger partial charge < -0.3 is 5.32 Å². The van der Waals surface area contributed by atoms with Gasteiger partial charge in [-0.1, -0.05) is 6.42 Å².